The van der Waals surface area contributed by atoms with Gasteiger partial charge in [0.05, 0.1) is 38.0 Å². The number of morpholine rings is 1. The van der Waals surface area contributed by atoms with Gasteiger partial charge in [0.25, 0.3) is 11.8 Å². The number of amides is 2. The molecule has 1 aromatic carbocycles. The Morgan fingerprint density at radius 3 is 2.85 bits per heavy atom. The molecule has 2 fully saturated rings. The molecule has 2 aliphatic rings. The molecule has 0 bridgehead atoms. The van der Waals surface area contributed by atoms with Gasteiger partial charge in [0.2, 0.25) is 0 Å². The van der Waals surface area contributed by atoms with E-state index >= 15 is 0 Å². The molecule has 2 amide bonds. The number of nitrogens with zero attached hydrogens (tertiary/aromatic N) is 3. The van der Waals surface area contributed by atoms with Crippen molar-refractivity contribution in [2.75, 3.05) is 44.4 Å². The lowest BCUT2D eigenvalue weighted by Gasteiger charge is -2.43. The topological polar surface area (TPSA) is 72.0 Å². The third-order valence-electron chi connectivity index (χ3n) is 4.58. The summed E-state index contributed by atoms with van der Waals surface area (Å²) >= 11 is 1.32. The number of rotatable bonds is 2. The maximum Gasteiger partial charge on any atom is 0.265 e. The van der Waals surface area contributed by atoms with Gasteiger partial charge < -0.3 is 19.3 Å². The summed E-state index contributed by atoms with van der Waals surface area (Å²) < 4.78 is 11.7. The average molecular weight is 373 g/mol. The molecule has 2 aliphatic heterocycles. The molecule has 1 spiro atoms. The van der Waals surface area contributed by atoms with Crippen LogP contribution in [0.3, 0.4) is 0 Å². The average Bonchev–Trinajstić information content (AvgIpc) is 3.16. The van der Waals surface area contributed by atoms with Crippen molar-refractivity contribution < 1.29 is 19.1 Å². The van der Waals surface area contributed by atoms with Crippen LogP contribution in [0.2, 0.25) is 0 Å². The van der Waals surface area contributed by atoms with Gasteiger partial charge in [-0.3, -0.25) is 14.6 Å². The highest BCUT2D eigenvalue weighted by Gasteiger charge is 2.43. The van der Waals surface area contributed by atoms with Crippen LogP contribution in [0.15, 0.2) is 42.0 Å². The van der Waals surface area contributed by atoms with Gasteiger partial charge in [0.1, 0.15) is 17.1 Å². The van der Waals surface area contributed by atoms with Crippen molar-refractivity contribution in [1.29, 1.82) is 0 Å². The maximum atomic E-state index is 12.7. The van der Waals surface area contributed by atoms with Gasteiger partial charge in [-0.05, 0) is 12.1 Å². The Bertz CT molecular complexity index is 783. The molecule has 0 radical (unpaired) electrons. The number of para-hydroxylation sites is 1. The van der Waals surface area contributed by atoms with E-state index in [0.717, 1.165) is 5.69 Å². The Kier molecular flexibility index (Phi) is 4.71. The van der Waals surface area contributed by atoms with Crippen molar-refractivity contribution in [3.05, 3.63) is 46.9 Å². The molecule has 1 aromatic heterocycles. The van der Waals surface area contributed by atoms with Crippen molar-refractivity contribution in [2.24, 2.45) is 0 Å². The van der Waals surface area contributed by atoms with Gasteiger partial charge in [0, 0.05) is 12.2 Å². The lowest BCUT2D eigenvalue weighted by atomic mass is 10.0. The van der Waals surface area contributed by atoms with E-state index in [9.17, 15) is 9.59 Å². The predicted molar refractivity (Wildman–Crippen MR) is 96.3 cm³/mol. The first-order valence-electron chi connectivity index (χ1n) is 8.42. The van der Waals surface area contributed by atoms with Crippen molar-refractivity contribution >= 4 is 28.8 Å². The Morgan fingerprint density at radius 1 is 1.23 bits per heavy atom. The first-order chi connectivity index (χ1) is 12.7. The zero-order valence-electron chi connectivity index (χ0n) is 14.2. The standard InChI is InChI=1S/C18H19N3O4S/c22-16-9-24-12-18(11-21(16)14-4-2-1-3-5-14)10-20(6-7-25-18)17(23)15-8-19-13-26-15/h1-5,8,13H,6-7,9-12H2. The van der Waals surface area contributed by atoms with Gasteiger partial charge in [-0.2, -0.15) is 0 Å². The summed E-state index contributed by atoms with van der Waals surface area (Å²) in [5.74, 6) is -0.167. The molecule has 0 N–H and O–H groups in total. The van der Waals surface area contributed by atoms with Gasteiger partial charge in [-0.1, -0.05) is 18.2 Å². The number of ether oxygens (including phenoxy) is 2. The third kappa shape index (κ3) is 3.35. The minimum atomic E-state index is -0.736. The zero-order chi connectivity index (χ0) is 18.0. The smallest absolute Gasteiger partial charge is 0.265 e. The summed E-state index contributed by atoms with van der Waals surface area (Å²) in [6.07, 6.45) is 1.58. The summed E-state index contributed by atoms with van der Waals surface area (Å²) in [6.45, 7) is 1.92. The molecule has 3 heterocycles. The fourth-order valence-corrected chi connectivity index (χ4v) is 3.93. The van der Waals surface area contributed by atoms with Crippen LogP contribution < -0.4 is 4.90 Å². The highest BCUT2D eigenvalue weighted by atomic mass is 32.1. The highest BCUT2D eigenvalue weighted by molar-refractivity contribution is 7.11. The second-order valence-corrected chi connectivity index (χ2v) is 7.32. The number of aromatic nitrogens is 1. The Balaban J connectivity index is 1.58. The number of benzene rings is 1. The fourth-order valence-electron chi connectivity index (χ4n) is 3.35. The summed E-state index contributed by atoms with van der Waals surface area (Å²) in [6, 6.07) is 9.47. The van der Waals surface area contributed by atoms with E-state index in [1.54, 1.807) is 21.5 Å². The molecule has 0 saturated carbocycles. The molecule has 0 aliphatic carbocycles. The normalized spacial score (nSPS) is 23.9. The van der Waals surface area contributed by atoms with E-state index in [4.69, 9.17) is 9.47 Å². The minimum Gasteiger partial charge on any atom is -0.368 e. The van der Waals surface area contributed by atoms with Crippen LogP contribution in [-0.2, 0) is 14.3 Å². The van der Waals surface area contributed by atoms with E-state index in [2.05, 4.69) is 4.98 Å². The number of carbonyl (C=O) groups excluding carboxylic acids is 2. The highest BCUT2D eigenvalue weighted by Crippen LogP contribution is 2.27. The number of hydrogen-bond acceptors (Lipinski definition) is 6. The summed E-state index contributed by atoms with van der Waals surface area (Å²) in [4.78, 5) is 33.2. The molecule has 4 rings (SSSR count). The maximum absolute atomic E-state index is 12.7. The van der Waals surface area contributed by atoms with Crippen molar-refractivity contribution in [2.45, 2.75) is 5.60 Å². The number of carbonyl (C=O) groups is 2. The Labute approximate surface area is 155 Å². The van der Waals surface area contributed by atoms with Crippen LogP contribution in [0.4, 0.5) is 5.69 Å². The zero-order valence-corrected chi connectivity index (χ0v) is 15.0. The molecule has 136 valence electrons. The molecular formula is C18H19N3O4S. The molecular weight excluding hydrogens is 354 g/mol. The van der Waals surface area contributed by atoms with Gasteiger partial charge in [-0.25, -0.2) is 0 Å². The molecule has 26 heavy (non-hydrogen) atoms. The van der Waals surface area contributed by atoms with Gasteiger partial charge >= 0.3 is 0 Å². The largest absolute Gasteiger partial charge is 0.368 e. The van der Waals surface area contributed by atoms with Gasteiger partial charge in [-0.15, -0.1) is 11.3 Å². The van der Waals surface area contributed by atoms with Crippen LogP contribution in [0.5, 0.6) is 0 Å². The second-order valence-electron chi connectivity index (χ2n) is 6.43. The minimum absolute atomic E-state index is 0.00277. The molecule has 8 heteroatoms. The van der Waals surface area contributed by atoms with Crippen LogP contribution >= 0.6 is 11.3 Å². The fraction of sp³-hybridized carbons (Fsp3) is 0.389. The quantitative estimate of drug-likeness (QED) is 0.796. The van der Waals surface area contributed by atoms with Gasteiger partial charge in [0.15, 0.2) is 0 Å². The monoisotopic (exact) mass is 373 g/mol. The number of thiazole rings is 1. The molecule has 7 nitrogen and oxygen atoms in total. The van der Waals surface area contributed by atoms with Crippen molar-refractivity contribution in [1.82, 2.24) is 9.88 Å². The SMILES string of the molecule is O=C(c1cncs1)N1CCOC2(COCC(=O)N(c3ccccc3)C2)C1. The second kappa shape index (κ2) is 7.14. The van der Waals surface area contributed by atoms with Crippen molar-refractivity contribution in [3.8, 4) is 0 Å². The van der Waals surface area contributed by atoms with E-state index < -0.39 is 5.60 Å². The van der Waals surface area contributed by atoms with E-state index in [0.29, 0.717) is 31.1 Å². The predicted octanol–water partition coefficient (Wildman–Crippen LogP) is 1.42. The molecule has 1 unspecified atom stereocenters. The summed E-state index contributed by atoms with van der Waals surface area (Å²) in [5.41, 5.74) is 1.71. The Morgan fingerprint density at radius 2 is 2.08 bits per heavy atom. The number of hydrogen-bond donors (Lipinski definition) is 0. The summed E-state index contributed by atoms with van der Waals surface area (Å²) in [7, 11) is 0. The van der Waals surface area contributed by atoms with Crippen LogP contribution in [0, 0.1) is 0 Å². The van der Waals surface area contributed by atoms with Crippen molar-refractivity contribution in [3.63, 3.8) is 0 Å². The van der Waals surface area contributed by atoms with E-state index in [1.165, 1.54) is 11.3 Å². The first kappa shape index (κ1) is 17.1. The Hall–Kier alpha value is -2.29. The number of anilines is 1. The van der Waals surface area contributed by atoms with E-state index in [-0.39, 0.29) is 25.0 Å². The lowest BCUT2D eigenvalue weighted by molar-refractivity contribution is -0.128. The molecule has 2 saturated heterocycles. The summed E-state index contributed by atoms with van der Waals surface area (Å²) in [5, 5.41) is 0. The lowest BCUT2D eigenvalue weighted by Crippen LogP contribution is -2.60. The first-order valence-corrected chi connectivity index (χ1v) is 9.30. The van der Waals surface area contributed by atoms with Crippen LogP contribution in [0.1, 0.15) is 9.67 Å². The van der Waals surface area contributed by atoms with Crippen LogP contribution in [0.25, 0.3) is 0 Å². The van der Waals surface area contributed by atoms with E-state index in [1.807, 2.05) is 30.3 Å². The molecule has 2 aromatic rings. The molecule has 1 atom stereocenters. The third-order valence-corrected chi connectivity index (χ3v) is 5.35. The van der Waals surface area contributed by atoms with Crippen LogP contribution in [-0.4, -0.2) is 66.8 Å².